The van der Waals surface area contributed by atoms with Crippen LogP contribution in [-0.4, -0.2) is 28.5 Å². The second-order valence-corrected chi connectivity index (χ2v) is 3.31. The van der Waals surface area contributed by atoms with Crippen LogP contribution >= 0.6 is 0 Å². The normalized spacial score (nSPS) is 15.4. The molecule has 0 aliphatic rings. The van der Waals surface area contributed by atoms with Crippen LogP contribution in [0.25, 0.3) is 0 Å². The highest BCUT2D eigenvalue weighted by molar-refractivity contribution is 4.89. The zero-order chi connectivity index (χ0) is 10.6. The third kappa shape index (κ3) is 3.08. The molecule has 0 saturated heterocycles. The molecule has 2 atom stereocenters. The van der Waals surface area contributed by atoms with Gasteiger partial charge in [0.05, 0.1) is 6.10 Å². The third-order valence-corrected chi connectivity index (χ3v) is 1.98. The lowest BCUT2D eigenvalue weighted by molar-refractivity contribution is 0.109. The van der Waals surface area contributed by atoms with Crippen LogP contribution in [0.4, 0.5) is 0 Å². The molecule has 1 N–H and O–H groups in total. The number of methoxy groups -OCH3 is 1. The first-order valence-electron chi connectivity index (χ1n) is 4.66. The van der Waals surface area contributed by atoms with E-state index in [4.69, 9.17) is 14.4 Å². The Hall–Kier alpha value is -0.940. The quantitative estimate of drug-likeness (QED) is 0.770. The van der Waals surface area contributed by atoms with Gasteiger partial charge in [-0.1, -0.05) is 5.16 Å². The Kier molecular flexibility index (Phi) is 4.03. The van der Waals surface area contributed by atoms with Gasteiger partial charge in [-0.3, -0.25) is 0 Å². The van der Waals surface area contributed by atoms with Crippen LogP contribution in [0.3, 0.4) is 0 Å². The Morgan fingerprint density at radius 1 is 1.50 bits per heavy atom. The van der Waals surface area contributed by atoms with E-state index >= 15 is 0 Å². The Morgan fingerprint density at radius 3 is 2.79 bits per heavy atom. The molecule has 1 rings (SSSR count). The predicted molar refractivity (Wildman–Crippen MR) is 49.7 cm³/mol. The standard InChI is InChI=1S/C9H16N2O3/c1-6(12)4-5-8-10-9(11-14-8)7(2)13-3/h6-7,12H,4-5H2,1-3H3. The SMILES string of the molecule is COC(C)c1noc(CCC(C)O)n1. The molecule has 2 unspecified atom stereocenters. The summed E-state index contributed by atoms with van der Waals surface area (Å²) in [4.78, 5) is 4.14. The summed E-state index contributed by atoms with van der Waals surface area (Å²) in [6, 6.07) is 0. The van der Waals surface area contributed by atoms with Crippen LogP contribution < -0.4 is 0 Å². The minimum absolute atomic E-state index is 0.154. The van der Waals surface area contributed by atoms with Gasteiger partial charge in [-0.15, -0.1) is 0 Å². The molecular formula is C9H16N2O3. The predicted octanol–water partition coefficient (Wildman–Crippen LogP) is 1.09. The van der Waals surface area contributed by atoms with E-state index in [2.05, 4.69) is 10.1 Å². The lowest BCUT2D eigenvalue weighted by Crippen LogP contribution is -2.02. The summed E-state index contributed by atoms with van der Waals surface area (Å²) in [5.74, 6) is 1.10. The Balaban J connectivity index is 2.50. The van der Waals surface area contributed by atoms with Crippen molar-refractivity contribution in [2.75, 3.05) is 7.11 Å². The molecule has 0 aliphatic carbocycles. The summed E-state index contributed by atoms with van der Waals surface area (Å²) in [6.45, 7) is 3.58. The average molecular weight is 200 g/mol. The van der Waals surface area contributed by atoms with Crippen molar-refractivity contribution in [3.63, 3.8) is 0 Å². The van der Waals surface area contributed by atoms with Gasteiger partial charge in [-0.05, 0) is 20.3 Å². The van der Waals surface area contributed by atoms with Gasteiger partial charge in [-0.25, -0.2) is 0 Å². The number of hydrogen-bond acceptors (Lipinski definition) is 5. The maximum atomic E-state index is 9.06. The van der Waals surface area contributed by atoms with Gasteiger partial charge < -0.3 is 14.4 Å². The van der Waals surface area contributed by atoms with Crippen molar-refractivity contribution >= 4 is 0 Å². The van der Waals surface area contributed by atoms with E-state index in [1.165, 1.54) is 0 Å². The number of hydrogen-bond donors (Lipinski definition) is 1. The molecule has 0 amide bonds. The number of ether oxygens (including phenoxy) is 1. The number of aliphatic hydroxyl groups excluding tert-OH is 1. The zero-order valence-corrected chi connectivity index (χ0v) is 8.73. The number of nitrogens with zero attached hydrogens (tertiary/aromatic N) is 2. The zero-order valence-electron chi connectivity index (χ0n) is 8.73. The second kappa shape index (κ2) is 5.07. The summed E-state index contributed by atoms with van der Waals surface area (Å²) >= 11 is 0. The van der Waals surface area contributed by atoms with Crippen LogP contribution in [0, 0.1) is 0 Å². The van der Waals surface area contributed by atoms with Crippen molar-refractivity contribution in [2.45, 2.75) is 38.9 Å². The fourth-order valence-electron chi connectivity index (χ4n) is 0.972. The largest absolute Gasteiger partial charge is 0.393 e. The molecule has 0 bridgehead atoms. The second-order valence-electron chi connectivity index (χ2n) is 3.31. The lowest BCUT2D eigenvalue weighted by Gasteiger charge is -2.01. The maximum Gasteiger partial charge on any atom is 0.226 e. The van der Waals surface area contributed by atoms with Gasteiger partial charge >= 0.3 is 0 Å². The minimum atomic E-state index is -0.342. The summed E-state index contributed by atoms with van der Waals surface area (Å²) in [6.07, 6.45) is 0.730. The van der Waals surface area contributed by atoms with E-state index in [1.54, 1.807) is 14.0 Å². The van der Waals surface area contributed by atoms with Crippen molar-refractivity contribution in [1.82, 2.24) is 10.1 Å². The van der Waals surface area contributed by atoms with Crippen LogP contribution in [0.1, 0.15) is 38.1 Å². The van der Waals surface area contributed by atoms with Crippen LogP contribution in [0.5, 0.6) is 0 Å². The molecule has 0 spiro atoms. The Labute approximate surface area is 83.1 Å². The lowest BCUT2D eigenvalue weighted by atomic mass is 10.2. The number of rotatable bonds is 5. The molecule has 1 aromatic heterocycles. The highest BCUT2D eigenvalue weighted by Gasteiger charge is 2.12. The number of aliphatic hydroxyl groups is 1. The molecule has 14 heavy (non-hydrogen) atoms. The van der Waals surface area contributed by atoms with Gasteiger partial charge in [0.15, 0.2) is 5.82 Å². The first-order valence-corrected chi connectivity index (χ1v) is 4.66. The van der Waals surface area contributed by atoms with Crippen LogP contribution in [0.2, 0.25) is 0 Å². The van der Waals surface area contributed by atoms with E-state index in [0.717, 1.165) is 0 Å². The van der Waals surface area contributed by atoms with Gasteiger partial charge in [0, 0.05) is 13.5 Å². The van der Waals surface area contributed by atoms with E-state index in [0.29, 0.717) is 24.6 Å². The number of aromatic nitrogens is 2. The van der Waals surface area contributed by atoms with Crippen molar-refractivity contribution in [3.05, 3.63) is 11.7 Å². The van der Waals surface area contributed by atoms with Gasteiger partial charge in [0.1, 0.15) is 6.10 Å². The fourth-order valence-corrected chi connectivity index (χ4v) is 0.972. The summed E-state index contributed by atoms with van der Waals surface area (Å²) < 4.78 is 10.0. The van der Waals surface area contributed by atoms with E-state index in [-0.39, 0.29) is 12.2 Å². The molecule has 0 fully saturated rings. The monoisotopic (exact) mass is 200 g/mol. The Bertz CT molecular complexity index is 273. The molecule has 0 radical (unpaired) electrons. The van der Waals surface area contributed by atoms with Crippen molar-refractivity contribution in [3.8, 4) is 0 Å². The molecule has 5 nitrogen and oxygen atoms in total. The van der Waals surface area contributed by atoms with Crippen molar-refractivity contribution in [1.29, 1.82) is 0 Å². The highest BCUT2D eigenvalue weighted by atomic mass is 16.5. The molecule has 80 valence electrons. The molecule has 1 heterocycles. The third-order valence-electron chi connectivity index (χ3n) is 1.98. The molecule has 0 aromatic carbocycles. The van der Waals surface area contributed by atoms with Crippen molar-refractivity contribution in [2.24, 2.45) is 0 Å². The molecule has 5 heteroatoms. The maximum absolute atomic E-state index is 9.06. The summed E-state index contributed by atoms with van der Waals surface area (Å²) in [5, 5.41) is 12.8. The van der Waals surface area contributed by atoms with Gasteiger partial charge in [0.2, 0.25) is 5.89 Å². The number of aryl methyl sites for hydroxylation is 1. The first kappa shape index (κ1) is 11.1. The van der Waals surface area contributed by atoms with Crippen molar-refractivity contribution < 1.29 is 14.4 Å². The van der Waals surface area contributed by atoms with Crippen LogP contribution in [-0.2, 0) is 11.2 Å². The average Bonchev–Trinajstić information content (AvgIpc) is 2.62. The smallest absolute Gasteiger partial charge is 0.226 e. The minimum Gasteiger partial charge on any atom is -0.393 e. The summed E-state index contributed by atoms with van der Waals surface area (Å²) in [5.41, 5.74) is 0. The summed E-state index contributed by atoms with van der Waals surface area (Å²) in [7, 11) is 1.59. The molecule has 0 saturated carbocycles. The molecule has 1 aromatic rings. The van der Waals surface area contributed by atoms with E-state index in [1.807, 2.05) is 6.92 Å². The molecular weight excluding hydrogens is 184 g/mol. The topological polar surface area (TPSA) is 68.4 Å². The van der Waals surface area contributed by atoms with E-state index in [9.17, 15) is 0 Å². The Morgan fingerprint density at radius 2 is 2.21 bits per heavy atom. The molecule has 0 aliphatic heterocycles. The van der Waals surface area contributed by atoms with Gasteiger partial charge in [-0.2, -0.15) is 4.98 Å². The van der Waals surface area contributed by atoms with E-state index < -0.39 is 0 Å². The highest BCUT2D eigenvalue weighted by Crippen LogP contribution is 2.12. The van der Waals surface area contributed by atoms with Gasteiger partial charge in [0.25, 0.3) is 0 Å². The first-order chi connectivity index (χ1) is 6.63. The van der Waals surface area contributed by atoms with Crippen LogP contribution in [0.15, 0.2) is 4.52 Å². The fraction of sp³-hybridized carbons (Fsp3) is 0.778.